The molecule has 2 atom stereocenters. The number of carbonyl (C=O) groups excluding carboxylic acids is 1. The van der Waals surface area contributed by atoms with E-state index in [2.05, 4.69) is 40.0 Å². The Hall–Kier alpha value is -0.0700. The van der Waals surface area contributed by atoms with Crippen LogP contribution in [0.5, 0.6) is 0 Å². The Bertz CT molecular complexity index is 625. The minimum atomic E-state index is -0.136. The van der Waals surface area contributed by atoms with Crippen LogP contribution in [0.4, 0.5) is 0 Å². The van der Waals surface area contributed by atoms with Gasteiger partial charge in [0.05, 0.1) is 6.04 Å². The first-order valence-electron chi connectivity index (χ1n) is 11.2. The summed E-state index contributed by atoms with van der Waals surface area (Å²) in [6.45, 7) is 6.82. The molecule has 3 rings (SSSR count). The number of hydrogen-bond acceptors (Lipinski definition) is 2. The maximum absolute atomic E-state index is 13.3. The van der Waals surface area contributed by atoms with Crippen LogP contribution in [0.3, 0.4) is 0 Å². The van der Waals surface area contributed by atoms with Crippen LogP contribution < -0.4 is 5.32 Å². The van der Waals surface area contributed by atoms with Crippen LogP contribution in [0.1, 0.15) is 58.8 Å². The lowest BCUT2D eigenvalue weighted by Gasteiger charge is -2.40. The summed E-state index contributed by atoms with van der Waals surface area (Å²) in [6.07, 6.45) is 11.9. The van der Waals surface area contributed by atoms with Crippen molar-refractivity contribution in [3.63, 3.8) is 0 Å². The predicted molar refractivity (Wildman–Crippen MR) is 130 cm³/mol. The van der Waals surface area contributed by atoms with Crippen LogP contribution in [0.2, 0.25) is 0 Å². The third-order valence-corrected chi connectivity index (χ3v) is 8.62. The molecule has 0 radical (unpaired) electrons. The van der Waals surface area contributed by atoms with E-state index in [9.17, 15) is 4.79 Å². The molecule has 1 unspecified atom stereocenters. The predicted octanol–water partition coefficient (Wildman–Crippen LogP) is 5.23. The number of halogens is 3. The molecule has 0 spiro atoms. The topological polar surface area (TPSA) is 63.8 Å². The Kier molecular flexibility index (Phi) is 10.7. The third kappa shape index (κ3) is 6.96. The van der Waals surface area contributed by atoms with Gasteiger partial charge in [0.15, 0.2) is 0 Å². The van der Waals surface area contributed by atoms with Crippen molar-refractivity contribution in [3.8, 4) is 0 Å². The highest BCUT2D eigenvalue weighted by Gasteiger charge is 2.34. The van der Waals surface area contributed by atoms with E-state index >= 15 is 0 Å². The fraction of sp³-hybridized carbons (Fsp3) is 0.783. The second-order valence-corrected chi connectivity index (χ2v) is 11.4. The number of alkyl halides is 1. The largest absolute Gasteiger partial charge is 0.412 e. The second kappa shape index (κ2) is 12.2. The maximum Gasteiger partial charge on any atom is 0.239 e. The summed E-state index contributed by atoms with van der Waals surface area (Å²) in [5.41, 5.74) is 0. The normalized spacial score (nSPS) is 29.1. The molecule has 3 N–H and O–H groups in total. The number of nitrogens with one attached hydrogen (secondary N) is 1. The Morgan fingerprint density at radius 1 is 1.13 bits per heavy atom. The van der Waals surface area contributed by atoms with Gasteiger partial charge < -0.3 is 15.7 Å². The van der Waals surface area contributed by atoms with E-state index in [4.69, 9.17) is 23.2 Å². The lowest BCUT2D eigenvalue weighted by molar-refractivity contribution is -0.136. The molecular weight excluding hydrogens is 487 g/mol. The number of piperidine rings is 1. The molecule has 1 aliphatic heterocycles. The van der Waals surface area contributed by atoms with Crippen molar-refractivity contribution in [1.82, 2.24) is 10.2 Å². The highest BCUT2D eigenvalue weighted by atomic mass is 79.9. The highest BCUT2D eigenvalue weighted by Crippen LogP contribution is 2.37. The van der Waals surface area contributed by atoms with Gasteiger partial charge in [0.25, 0.3) is 0 Å². The van der Waals surface area contributed by atoms with Gasteiger partial charge in [-0.3, -0.25) is 4.79 Å². The zero-order valence-electron chi connectivity index (χ0n) is 18.2. The molecule has 0 bridgehead atoms. The molecule has 1 heterocycles. The fourth-order valence-electron chi connectivity index (χ4n) is 5.09. The first-order chi connectivity index (χ1) is 13.8. The summed E-state index contributed by atoms with van der Waals surface area (Å²) < 4.78 is 1.15. The standard InChI is InChI=1S/C23H35BrCl2N2O.H2O/c1-15(2)22(27-14-18-13-20(26)7-8-21(18)24)23(29)28-11-9-17(10-12-28)16-3-5-19(25)6-4-16;/h7-8,15-19,22,27H,3-6,9-14H2,1-2H3;1H2/t16?,18?,19?,22-;/m1./s1. The lowest BCUT2D eigenvalue weighted by Crippen LogP contribution is -2.52. The Morgan fingerprint density at radius 2 is 1.73 bits per heavy atom. The smallest absolute Gasteiger partial charge is 0.239 e. The quantitative estimate of drug-likeness (QED) is 0.484. The van der Waals surface area contributed by atoms with Crippen LogP contribution in [0, 0.1) is 23.7 Å². The van der Waals surface area contributed by atoms with Crippen LogP contribution in [0.25, 0.3) is 0 Å². The number of carbonyl (C=O) groups is 1. The van der Waals surface area contributed by atoms with Crippen LogP contribution >= 0.6 is 39.1 Å². The Balaban J connectivity index is 0.00000320. The summed E-state index contributed by atoms with van der Waals surface area (Å²) in [5.74, 6) is 2.40. The molecule has 2 aliphatic carbocycles. The first kappa shape index (κ1) is 26.2. The SMILES string of the molecule is CC(C)[C@@H](NCC1CC(Cl)=CC=C1Br)C(=O)N1CCC(C2CCC(Cl)CC2)CC1.O. The highest BCUT2D eigenvalue weighted by molar-refractivity contribution is 9.11. The van der Waals surface area contributed by atoms with Gasteiger partial charge in [0, 0.05) is 36.0 Å². The molecular formula is C23H37BrCl2N2O2. The molecule has 30 heavy (non-hydrogen) atoms. The number of hydrogen-bond donors (Lipinski definition) is 1. The zero-order valence-corrected chi connectivity index (χ0v) is 21.3. The first-order valence-corrected chi connectivity index (χ1v) is 12.8. The molecule has 7 heteroatoms. The van der Waals surface area contributed by atoms with Gasteiger partial charge in [-0.05, 0) is 73.3 Å². The lowest BCUT2D eigenvalue weighted by atomic mass is 9.75. The average Bonchev–Trinajstić information content (AvgIpc) is 2.71. The van der Waals surface area contributed by atoms with Crippen molar-refractivity contribution in [2.24, 2.45) is 23.7 Å². The van der Waals surface area contributed by atoms with Gasteiger partial charge in [-0.2, -0.15) is 0 Å². The Labute approximate surface area is 200 Å². The van der Waals surface area contributed by atoms with E-state index in [0.717, 1.165) is 73.1 Å². The number of rotatable bonds is 6. The molecule has 0 aromatic carbocycles. The minimum Gasteiger partial charge on any atom is -0.412 e. The van der Waals surface area contributed by atoms with E-state index in [1.54, 1.807) is 0 Å². The van der Waals surface area contributed by atoms with Crippen molar-refractivity contribution in [2.75, 3.05) is 19.6 Å². The molecule has 0 aromatic heterocycles. The number of nitrogens with zero attached hydrogens (tertiary/aromatic N) is 1. The number of allylic oxidation sites excluding steroid dienone is 3. The summed E-state index contributed by atoms with van der Waals surface area (Å²) >= 11 is 16.1. The maximum atomic E-state index is 13.3. The van der Waals surface area contributed by atoms with Crippen molar-refractivity contribution >= 4 is 45.0 Å². The molecule has 2 fully saturated rings. The van der Waals surface area contributed by atoms with Crippen LogP contribution in [-0.4, -0.2) is 47.3 Å². The monoisotopic (exact) mass is 522 g/mol. The van der Waals surface area contributed by atoms with Crippen LogP contribution in [-0.2, 0) is 4.79 Å². The zero-order chi connectivity index (χ0) is 21.0. The van der Waals surface area contributed by atoms with Gasteiger partial charge in [-0.25, -0.2) is 0 Å². The van der Waals surface area contributed by atoms with Crippen molar-refractivity contribution < 1.29 is 10.3 Å². The van der Waals surface area contributed by atoms with Crippen molar-refractivity contribution in [2.45, 2.75) is 70.2 Å². The summed E-state index contributed by atoms with van der Waals surface area (Å²) in [7, 11) is 0. The van der Waals surface area contributed by atoms with Gasteiger partial charge in [0.2, 0.25) is 5.91 Å². The second-order valence-electron chi connectivity index (χ2n) is 9.37. The average molecular weight is 524 g/mol. The van der Waals surface area contributed by atoms with E-state index in [-0.39, 0.29) is 23.3 Å². The molecule has 1 amide bonds. The van der Waals surface area contributed by atoms with Crippen molar-refractivity contribution in [3.05, 3.63) is 21.7 Å². The molecule has 3 aliphatic rings. The molecule has 0 aromatic rings. The van der Waals surface area contributed by atoms with E-state index in [1.165, 1.54) is 12.8 Å². The summed E-state index contributed by atoms with van der Waals surface area (Å²) in [6, 6.07) is -0.136. The van der Waals surface area contributed by atoms with Gasteiger partial charge in [0.1, 0.15) is 0 Å². The fourth-order valence-corrected chi connectivity index (χ4v) is 6.05. The molecule has 1 saturated heterocycles. The van der Waals surface area contributed by atoms with Crippen molar-refractivity contribution in [1.29, 1.82) is 0 Å². The van der Waals surface area contributed by atoms with Gasteiger partial charge in [-0.1, -0.05) is 47.5 Å². The Morgan fingerprint density at radius 3 is 2.33 bits per heavy atom. The number of amides is 1. The third-order valence-electron chi connectivity index (χ3n) is 6.99. The molecule has 4 nitrogen and oxygen atoms in total. The molecule has 172 valence electrons. The number of likely N-dealkylation sites (tertiary alicyclic amines) is 1. The van der Waals surface area contributed by atoms with E-state index in [0.29, 0.717) is 11.3 Å². The van der Waals surface area contributed by atoms with E-state index < -0.39 is 0 Å². The van der Waals surface area contributed by atoms with Gasteiger partial charge >= 0.3 is 0 Å². The van der Waals surface area contributed by atoms with Gasteiger partial charge in [-0.15, -0.1) is 11.6 Å². The van der Waals surface area contributed by atoms with E-state index in [1.807, 2.05) is 12.2 Å². The van der Waals surface area contributed by atoms with Crippen LogP contribution in [0.15, 0.2) is 21.7 Å². The minimum absolute atomic E-state index is 0. The summed E-state index contributed by atoms with van der Waals surface area (Å²) in [4.78, 5) is 15.4. The molecule has 1 saturated carbocycles. The summed E-state index contributed by atoms with van der Waals surface area (Å²) in [5, 5.41) is 4.81.